The third kappa shape index (κ3) is 5.51. The number of halogens is 1. The van der Waals surface area contributed by atoms with E-state index in [0.29, 0.717) is 4.95 Å². The average molecular weight is 361 g/mol. The Morgan fingerprint density at radius 1 is 0.762 bits per heavy atom. The lowest BCUT2D eigenvalue weighted by molar-refractivity contribution is -0.922. The molecule has 2 heterocycles. The minimum Gasteiger partial charge on any atom is -0.326 e. The summed E-state index contributed by atoms with van der Waals surface area (Å²) >= 11 is 4.00. The summed E-state index contributed by atoms with van der Waals surface area (Å²) in [6.07, 6.45) is 14.3. The zero-order valence-electron chi connectivity index (χ0n) is 14.5. The number of alkyl halides is 1. The van der Waals surface area contributed by atoms with Crippen molar-refractivity contribution >= 4 is 15.9 Å². The predicted molar refractivity (Wildman–Crippen MR) is 95.6 cm³/mol. The van der Waals surface area contributed by atoms with Gasteiger partial charge in [-0.15, -0.1) is 0 Å². The van der Waals surface area contributed by atoms with Gasteiger partial charge in [0.1, 0.15) is 4.95 Å². The van der Waals surface area contributed by atoms with Crippen LogP contribution in [0.4, 0.5) is 0 Å². The lowest BCUT2D eigenvalue weighted by atomic mass is 10.1. The highest BCUT2D eigenvalue weighted by Crippen LogP contribution is 2.27. The Hall–Kier alpha value is 0.400. The van der Waals surface area contributed by atoms with Crippen molar-refractivity contribution in [2.75, 3.05) is 46.8 Å². The Balaban J connectivity index is 1.58. The van der Waals surface area contributed by atoms with E-state index in [9.17, 15) is 0 Å². The molecule has 0 amide bonds. The molecule has 1 unspecified atom stereocenters. The van der Waals surface area contributed by atoms with Gasteiger partial charge in [-0.25, -0.2) is 0 Å². The van der Waals surface area contributed by atoms with E-state index in [4.69, 9.17) is 0 Å². The summed E-state index contributed by atoms with van der Waals surface area (Å²) in [6.45, 7) is 7.03. The molecule has 0 saturated carbocycles. The number of likely N-dealkylation sites (tertiary alicyclic amines) is 2. The molecule has 2 aliphatic heterocycles. The molecule has 1 atom stereocenters. The number of hydrogen-bond acceptors (Lipinski definition) is 0. The lowest BCUT2D eigenvalue weighted by Crippen LogP contribution is -2.52. The number of hydrogen-bond donors (Lipinski definition) is 0. The molecular weight excluding hydrogens is 324 g/mol. The summed E-state index contributed by atoms with van der Waals surface area (Å²) in [5.41, 5.74) is 0. The van der Waals surface area contributed by atoms with Gasteiger partial charge in [0.2, 0.25) is 0 Å². The third-order valence-corrected chi connectivity index (χ3v) is 7.50. The Morgan fingerprint density at radius 2 is 1.33 bits per heavy atom. The molecule has 2 fully saturated rings. The number of unbranched alkanes of at least 4 members (excludes halogenated alkanes) is 2. The fourth-order valence-electron chi connectivity index (χ4n) is 4.31. The van der Waals surface area contributed by atoms with Gasteiger partial charge in [-0.05, 0) is 73.7 Å². The van der Waals surface area contributed by atoms with Crippen LogP contribution in [-0.2, 0) is 0 Å². The van der Waals surface area contributed by atoms with Crippen LogP contribution in [-0.4, -0.2) is 60.7 Å². The van der Waals surface area contributed by atoms with Crippen molar-refractivity contribution in [2.45, 2.75) is 69.2 Å². The molecule has 2 saturated heterocycles. The molecule has 0 aromatic heterocycles. The van der Waals surface area contributed by atoms with Gasteiger partial charge in [-0.2, -0.15) is 0 Å². The van der Waals surface area contributed by atoms with Gasteiger partial charge >= 0.3 is 0 Å². The van der Waals surface area contributed by atoms with Crippen LogP contribution >= 0.6 is 15.9 Å². The van der Waals surface area contributed by atoms with Crippen LogP contribution in [0.2, 0.25) is 0 Å². The molecule has 124 valence electrons. The predicted octanol–water partition coefficient (Wildman–Crippen LogP) is 4.53. The Kier molecular flexibility index (Phi) is 7.02. The summed E-state index contributed by atoms with van der Waals surface area (Å²) in [6, 6.07) is 0. The van der Waals surface area contributed by atoms with Gasteiger partial charge in [-0.3, -0.25) is 0 Å². The maximum atomic E-state index is 4.00. The monoisotopic (exact) mass is 360 g/mol. The molecular formula is C18H37BrN2+2. The van der Waals surface area contributed by atoms with Gasteiger partial charge in [0, 0.05) is 6.42 Å². The van der Waals surface area contributed by atoms with Gasteiger partial charge in [0.15, 0.2) is 0 Å². The van der Waals surface area contributed by atoms with Gasteiger partial charge in [0.05, 0.1) is 46.8 Å². The first-order valence-electron chi connectivity index (χ1n) is 9.36. The highest BCUT2D eigenvalue weighted by molar-refractivity contribution is 9.09. The molecule has 3 heteroatoms. The van der Waals surface area contributed by atoms with Crippen LogP contribution in [0.25, 0.3) is 0 Å². The fourth-order valence-corrected chi connectivity index (χ4v) is 5.04. The number of rotatable bonds is 7. The minimum atomic E-state index is 0.692. The highest BCUT2D eigenvalue weighted by atomic mass is 79.9. The summed E-state index contributed by atoms with van der Waals surface area (Å²) < 4.78 is 2.62. The van der Waals surface area contributed by atoms with E-state index in [1.807, 2.05) is 0 Å². The second-order valence-electron chi connectivity index (χ2n) is 8.12. The van der Waals surface area contributed by atoms with Crippen LogP contribution in [0.15, 0.2) is 0 Å². The molecule has 21 heavy (non-hydrogen) atoms. The molecule has 2 aliphatic rings. The van der Waals surface area contributed by atoms with Crippen LogP contribution in [0.5, 0.6) is 0 Å². The van der Waals surface area contributed by atoms with Crippen molar-refractivity contribution in [3.8, 4) is 0 Å². The largest absolute Gasteiger partial charge is 0.326 e. The first kappa shape index (κ1) is 17.7. The number of nitrogens with zero attached hydrogens (tertiary/aromatic N) is 2. The molecule has 2 rings (SSSR count). The fraction of sp³-hybridized carbons (Fsp3) is 1.00. The summed E-state index contributed by atoms with van der Waals surface area (Å²) in [5.74, 6) is 0. The number of piperidine rings is 2. The first-order valence-corrected chi connectivity index (χ1v) is 10.3. The van der Waals surface area contributed by atoms with Crippen LogP contribution in [0.3, 0.4) is 0 Å². The minimum absolute atomic E-state index is 0.692. The normalized spacial score (nSPS) is 26.4. The molecule has 0 radical (unpaired) electrons. The highest BCUT2D eigenvalue weighted by Gasteiger charge is 2.31. The Bertz CT molecular complexity index is 294. The topological polar surface area (TPSA) is 0 Å². The van der Waals surface area contributed by atoms with Crippen LogP contribution < -0.4 is 0 Å². The van der Waals surface area contributed by atoms with E-state index in [1.54, 1.807) is 0 Å². The zero-order valence-corrected chi connectivity index (χ0v) is 16.0. The van der Waals surface area contributed by atoms with Crippen LogP contribution in [0.1, 0.15) is 64.2 Å². The van der Waals surface area contributed by atoms with E-state index in [2.05, 4.69) is 30.0 Å². The van der Waals surface area contributed by atoms with Gasteiger partial charge < -0.3 is 8.97 Å². The van der Waals surface area contributed by atoms with Gasteiger partial charge in [-0.1, -0.05) is 0 Å². The standard InChI is InChI=1S/C18H37BrN2/c1-20(14-8-4-9-15-20)13-7-3-6-12-18(19)21(2)16-10-5-11-17-21/h18H,3-17H2,1-2H3/q+2. The van der Waals surface area contributed by atoms with Crippen molar-refractivity contribution < 1.29 is 8.97 Å². The molecule has 0 spiro atoms. The molecule has 0 aliphatic carbocycles. The third-order valence-electron chi connectivity index (χ3n) is 6.05. The second-order valence-corrected chi connectivity index (χ2v) is 9.18. The molecule has 0 N–H and O–H groups in total. The van der Waals surface area contributed by atoms with Crippen molar-refractivity contribution in [2.24, 2.45) is 0 Å². The molecule has 2 nitrogen and oxygen atoms in total. The quantitative estimate of drug-likeness (QED) is 0.271. The van der Waals surface area contributed by atoms with Crippen molar-refractivity contribution in [3.05, 3.63) is 0 Å². The summed E-state index contributed by atoms with van der Waals surface area (Å²) in [7, 11) is 4.94. The average Bonchev–Trinajstić information content (AvgIpc) is 2.48. The summed E-state index contributed by atoms with van der Waals surface area (Å²) in [4.78, 5) is 0.692. The molecule has 0 bridgehead atoms. The maximum absolute atomic E-state index is 4.00. The Morgan fingerprint density at radius 3 is 1.95 bits per heavy atom. The smallest absolute Gasteiger partial charge is 0.144 e. The molecule has 0 aromatic rings. The Labute approximate surface area is 141 Å². The van der Waals surface area contributed by atoms with Crippen molar-refractivity contribution in [1.82, 2.24) is 0 Å². The van der Waals surface area contributed by atoms with E-state index in [-0.39, 0.29) is 0 Å². The van der Waals surface area contributed by atoms with Crippen LogP contribution in [0, 0.1) is 0 Å². The van der Waals surface area contributed by atoms with Crippen molar-refractivity contribution in [1.29, 1.82) is 0 Å². The first-order chi connectivity index (χ1) is 10.0. The van der Waals surface area contributed by atoms with Gasteiger partial charge in [0.25, 0.3) is 0 Å². The SMILES string of the molecule is C[N+]1(CCCCCC(Br)[N+]2(C)CCCCC2)CCCCC1. The van der Waals surface area contributed by atoms with Crippen molar-refractivity contribution in [3.63, 3.8) is 0 Å². The van der Waals surface area contributed by atoms with E-state index in [1.165, 1.54) is 106 Å². The molecule has 0 aromatic carbocycles. The second kappa shape index (κ2) is 8.31. The summed E-state index contributed by atoms with van der Waals surface area (Å²) in [5, 5.41) is 0. The lowest BCUT2D eigenvalue weighted by Gasteiger charge is -2.42. The van der Waals surface area contributed by atoms with E-state index >= 15 is 0 Å². The number of quaternary nitrogens is 2. The maximum Gasteiger partial charge on any atom is 0.144 e. The van der Waals surface area contributed by atoms with E-state index in [0.717, 1.165) is 0 Å². The zero-order chi connectivity index (χ0) is 15.2. The van der Waals surface area contributed by atoms with E-state index < -0.39 is 0 Å².